The molecular weight excluding hydrogens is 260 g/mol. The van der Waals surface area contributed by atoms with Crippen molar-refractivity contribution in [2.75, 3.05) is 11.9 Å². The lowest BCUT2D eigenvalue weighted by atomic mass is 10.1. The van der Waals surface area contributed by atoms with E-state index in [0.717, 1.165) is 34.3 Å². The van der Waals surface area contributed by atoms with Crippen LogP contribution in [-0.2, 0) is 0 Å². The first kappa shape index (κ1) is 13.7. The Morgan fingerprint density at radius 2 is 1.89 bits per heavy atom. The van der Waals surface area contributed by atoms with E-state index in [4.69, 9.17) is 16.3 Å². The molecule has 0 spiro atoms. The maximum Gasteiger partial charge on any atom is 0.221 e. The van der Waals surface area contributed by atoms with Gasteiger partial charge >= 0.3 is 0 Å². The summed E-state index contributed by atoms with van der Waals surface area (Å²) < 4.78 is 5.87. The van der Waals surface area contributed by atoms with Crippen molar-refractivity contribution in [2.24, 2.45) is 0 Å². The van der Waals surface area contributed by atoms with E-state index in [2.05, 4.69) is 10.3 Å². The third kappa shape index (κ3) is 3.38. The summed E-state index contributed by atoms with van der Waals surface area (Å²) >= 11 is 6.01. The van der Waals surface area contributed by atoms with E-state index < -0.39 is 0 Å². The number of benzene rings is 1. The monoisotopic (exact) mass is 276 g/mol. The zero-order valence-electron chi connectivity index (χ0n) is 11.3. The lowest BCUT2D eigenvalue weighted by Gasteiger charge is -2.12. The van der Waals surface area contributed by atoms with Crippen LogP contribution in [0, 0.1) is 13.8 Å². The Labute approximate surface area is 118 Å². The van der Waals surface area contributed by atoms with Gasteiger partial charge in [-0.3, -0.25) is 0 Å². The number of ether oxygens (including phenoxy) is 1. The largest absolute Gasteiger partial charge is 0.438 e. The van der Waals surface area contributed by atoms with Crippen LogP contribution in [0.15, 0.2) is 30.3 Å². The van der Waals surface area contributed by atoms with Crippen LogP contribution in [0.25, 0.3) is 0 Å². The number of aryl methyl sites for hydroxylation is 2. The Balaban J connectivity index is 2.28. The molecule has 0 aliphatic rings. The molecular formula is C15H17ClN2O. The minimum absolute atomic E-state index is 0.576. The number of aromatic nitrogens is 1. The summed E-state index contributed by atoms with van der Waals surface area (Å²) in [5.74, 6) is 2.20. The fourth-order valence-corrected chi connectivity index (χ4v) is 2.24. The van der Waals surface area contributed by atoms with E-state index >= 15 is 0 Å². The van der Waals surface area contributed by atoms with Crippen LogP contribution in [-0.4, -0.2) is 11.5 Å². The molecule has 1 aromatic heterocycles. The molecule has 0 amide bonds. The van der Waals surface area contributed by atoms with Gasteiger partial charge < -0.3 is 10.1 Å². The number of hydrogen-bond donors (Lipinski definition) is 1. The summed E-state index contributed by atoms with van der Waals surface area (Å²) in [7, 11) is 0. The van der Waals surface area contributed by atoms with Gasteiger partial charge in [0, 0.05) is 17.6 Å². The number of rotatable bonds is 4. The second-order valence-corrected chi connectivity index (χ2v) is 4.80. The van der Waals surface area contributed by atoms with Crippen LogP contribution in [0.2, 0.25) is 5.02 Å². The smallest absolute Gasteiger partial charge is 0.221 e. The Bertz CT molecular complexity index is 561. The molecule has 2 aromatic rings. The Hall–Kier alpha value is -1.74. The summed E-state index contributed by atoms with van der Waals surface area (Å²) in [5, 5.41) is 3.88. The number of hydrogen-bond acceptors (Lipinski definition) is 3. The molecule has 0 saturated carbocycles. The van der Waals surface area contributed by atoms with E-state index in [1.165, 1.54) is 0 Å². The van der Waals surface area contributed by atoms with Gasteiger partial charge in [0.2, 0.25) is 5.88 Å². The number of anilines is 1. The number of pyridine rings is 1. The minimum atomic E-state index is 0.576. The molecule has 1 N–H and O–H groups in total. The highest BCUT2D eigenvalue weighted by Crippen LogP contribution is 2.30. The standard InChI is InChI=1S/C15H17ClN2O/c1-4-17-13-6-5-7-14(18-13)19-15-10(2)8-12(16)9-11(15)3/h5-9H,4H2,1-3H3,(H,17,18). The fourth-order valence-electron chi connectivity index (χ4n) is 1.91. The molecule has 2 rings (SSSR count). The molecule has 0 aliphatic heterocycles. The average molecular weight is 277 g/mol. The highest BCUT2D eigenvalue weighted by atomic mass is 35.5. The van der Waals surface area contributed by atoms with Crippen LogP contribution in [0.3, 0.4) is 0 Å². The van der Waals surface area contributed by atoms with Gasteiger partial charge in [0.15, 0.2) is 0 Å². The number of halogens is 1. The van der Waals surface area contributed by atoms with Gasteiger partial charge in [0.05, 0.1) is 0 Å². The molecule has 0 atom stereocenters. The summed E-state index contributed by atoms with van der Waals surface area (Å²) in [6, 6.07) is 9.45. The molecule has 100 valence electrons. The van der Waals surface area contributed by atoms with Crippen molar-refractivity contribution in [2.45, 2.75) is 20.8 Å². The number of nitrogens with zero attached hydrogens (tertiary/aromatic N) is 1. The van der Waals surface area contributed by atoms with Gasteiger partial charge in [-0.25, -0.2) is 0 Å². The van der Waals surface area contributed by atoms with Crippen molar-refractivity contribution in [1.82, 2.24) is 4.98 Å². The first-order chi connectivity index (χ1) is 9.10. The van der Waals surface area contributed by atoms with Crippen molar-refractivity contribution >= 4 is 17.4 Å². The van der Waals surface area contributed by atoms with Crippen LogP contribution >= 0.6 is 11.6 Å². The fraction of sp³-hybridized carbons (Fsp3) is 0.267. The van der Waals surface area contributed by atoms with Crippen LogP contribution in [0.1, 0.15) is 18.1 Å². The van der Waals surface area contributed by atoms with Crippen molar-refractivity contribution < 1.29 is 4.74 Å². The van der Waals surface area contributed by atoms with Gasteiger partial charge in [0.1, 0.15) is 11.6 Å². The third-order valence-electron chi connectivity index (χ3n) is 2.71. The molecule has 3 nitrogen and oxygen atoms in total. The maximum absolute atomic E-state index is 6.01. The van der Waals surface area contributed by atoms with E-state index in [9.17, 15) is 0 Å². The molecule has 1 heterocycles. The van der Waals surface area contributed by atoms with E-state index in [1.807, 2.05) is 51.1 Å². The average Bonchev–Trinajstić information content (AvgIpc) is 2.35. The first-order valence-electron chi connectivity index (χ1n) is 6.25. The highest BCUT2D eigenvalue weighted by Gasteiger charge is 2.08. The quantitative estimate of drug-likeness (QED) is 0.888. The second kappa shape index (κ2) is 5.93. The number of nitrogens with one attached hydrogen (secondary N) is 1. The second-order valence-electron chi connectivity index (χ2n) is 4.36. The van der Waals surface area contributed by atoms with Gasteiger partial charge in [-0.1, -0.05) is 17.7 Å². The first-order valence-corrected chi connectivity index (χ1v) is 6.63. The zero-order chi connectivity index (χ0) is 13.8. The molecule has 0 bridgehead atoms. The van der Waals surface area contributed by atoms with Gasteiger partial charge in [-0.05, 0) is 50.1 Å². The Morgan fingerprint density at radius 3 is 2.53 bits per heavy atom. The van der Waals surface area contributed by atoms with Crippen molar-refractivity contribution in [3.8, 4) is 11.6 Å². The van der Waals surface area contributed by atoms with Crippen LogP contribution in [0.5, 0.6) is 11.6 Å². The van der Waals surface area contributed by atoms with Gasteiger partial charge in [-0.15, -0.1) is 0 Å². The third-order valence-corrected chi connectivity index (χ3v) is 2.93. The van der Waals surface area contributed by atoms with Crippen molar-refractivity contribution in [1.29, 1.82) is 0 Å². The molecule has 1 aromatic carbocycles. The Kier molecular flexibility index (Phi) is 4.27. The Morgan fingerprint density at radius 1 is 1.21 bits per heavy atom. The molecule has 0 saturated heterocycles. The molecule has 4 heteroatoms. The SMILES string of the molecule is CCNc1cccc(Oc2c(C)cc(Cl)cc2C)n1. The van der Waals surface area contributed by atoms with E-state index in [0.29, 0.717) is 5.88 Å². The summed E-state index contributed by atoms with van der Waals surface area (Å²) in [5.41, 5.74) is 2.00. The van der Waals surface area contributed by atoms with Gasteiger partial charge in [-0.2, -0.15) is 4.98 Å². The molecule has 0 radical (unpaired) electrons. The molecule has 0 unspecified atom stereocenters. The predicted octanol–water partition coefficient (Wildman–Crippen LogP) is 4.58. The van der Waals surface area contributed by atoms with Crippen molar-refractivity contribution in [3.05, 3.63) is 46.5 Å². The highest BCUT2D eigenvalue weighted by molar-refractivity contribution is 6.30. The molecule has 0 fully saturated rings. The maximum atomic E-state index is 6.01. The zero-order valence-corrected chi connectivity index (χ0v) is 12.1. The summed E-state index contributed by atoms with van der Waals surface area (Å²) in [6.45, 7) is 6.81. The molecule has 0 aliphatic carbocycles. The molecule has 19 heavy (non-hydrogen) atoms. The lowest BCUT2D eigenvalue weighted by Crippen LogP contribution is -2.00. The van der Waals surface area contributed by atoms with Gasteiger partial charge in [0.25, 0.3) is 0 Å². The topological polar surface area (TPSA) is 34.1 Å². The minimum Gasteiger partial charge on any atom is -0.438 e. The van der Waals surface area contributed by atoms with Crippen LogP contribution < -0.4 is 10.1 Å². The normalized spacial score (nSPS) is 10.3. The van der Waals surface area contributed by atoms with E-state index in [-0.39, 0.29) is 0 Å². The van der Waals surface area contributed by atoms with Crippen molar-refractivity contribution in [3.63, 3.8) is 0 Å². The summed E-state index contributed by atoms with van der Waals surface area (Å²) in [4.78, 5) is 4.40. The summed E-state index contributed by atoms with van der Waals surface area (Å²) in [6.07, 6.45) is 0. The van der Waals surface area contributed by atoms with Crippen LogP contribution in [0.4, 0.5) is 5.82 Å². The van der Waals surface area contributed by atoms with E-state index in [1.54, 1.807) is 0 Å². The lowest BCUT2D eigenvalue weighted by molar-refractivity contribution is 0.456. The predicted molar refractivity (Wildman–Crippen MR) is 79.4 cm³/mol.